The van der Waals surface area contributed by atoms with Gasteiger partial charge in [-0.25, -0.2) is 9.97 Å². The molecule has 4 N–H and O–H groups in total. The second-order valence-corrected chi connectivity index (χ2v) is 10.0. The van der Waals surface area contributed by atoms with Gasteiger partial charge >= 0.3 is 0 Å². The van der Waals surface area contributed by atoms with Crippen LogP contribution in [0.5, 0.6) is 5.75 Å². The maximum atomic E-state index is 12.6. The fourth-order valence-electron chi connectivity index (χ4n) is 3.47. The Balaban J connectivity index is 1.75. The lowest BCUT2D eigenvalue weighted by Gasteiger charge is -2.34. The molecule has 3 rings (SSSR count). The van der Waals surface area contributed by atoms with Crippen molar-refractivity contribution in [3.63, 3.8) is 0 Å². The highest BCUT2D eigenvalue weighted by Gasteiger charge is 2.29. The van der Waals surface area contributed by atoms with E-state index in [-0.39, 0.29) is 39.4 Å². The van der Waals surface area contributed by atoms with Crippen molar-refractivity contribution in [3.05, 3.63) is 27.1 Å². The Morgan fingerprint density at radius 2 is 1.91 bits per heavy atom. The lowest BCUT2D eigenvalue weighted by atomic mass is 10.0. The summed E-state index contributed by atoms with van der Waals surface area (Å²) < 4.78 is 5.45. The zero-order valence-electron chi connectivity index (χ0n) is 18.3. The number of amides is 2. The van der Waals surface area contributed by atoms with Crippen LogP contribution in [0.4, 0.5) is 5.82 Å². The number of primary amides is 1. The highest BCUT2D eigenvalue weighted by molar-refractivity contribution is 7.99. The van der Waals surface area contributed by atoms with Crippen LogP contribution in [0.1, 0.15) is 53.4 Å². The van der Waals surface area contributed by atoms with E-state index in [1.165, 1.54) is 18.9 Å². The van der Waals surface area contributed by atoms with Crippen LogP contribution in [0.2, 0.25) is 10.0 Å². The number of hydrogen-bond donors (Lipinski definition) is 3. The quantitative estimate of drug-likeness (QED) is 0.392. The fraction of sp³-hybridized carbons (Fsp3) is 0.500. The van der Waals surface area contributed by atoms with Crippen molar-refractivity contribution in [2.24, 2.45) is 5.73 Å². The van der Waals surface area contributed by atoms with Gasteiger partial charge in [-0.3, -0.25) is 9.59 Å². The summed E-state index contributed by atoms with van der Waals surface area (Å²) in [5.41, 5.74) is 6.50. The molecule has 32 heavy (non-hydrogen) atoms. The van der Waals surface area contributed by atoms with E-state index < -0.39 is 5.91 Å². The predicted octanol–water partition coefficient (Wildman–Crippen LogP) is 3.43. The Bertz CT molecular complexity index is 1020. The zero-order chi connectivity index (χ0) is 23.6. The van der Waals surface area contributed by atoms with Gasteiger partial charge in [0.15, 0.2) is 22.4 Å². The first-order chi connectivity index (χ1) is 15.1. The highest BCUT2D eigenvalue weighted by Crippen LogP contribution is 2.34. The molecule has 1 aliphatic rings. The fourth-order valence-corrected chi connectivity index (χ4v) is 4.59. The number of aromatic amines is 1. The third-order valence-electron chi connectivity index (χ3n) is 5.02. The average Bonchev–Trinajstić information content (AvgIpc) is 3.00. The minimum atomic E-state index is -0.671. The number of anilines is 1. The molecule has 2 amide bonds. The maximum absolute atomic E-state index is 12.6. The summed E-state index contributed by atoms with van der Waals surface area (Å²) in [5.74, 6) is -0.180. The second-order valence-electron chi connectivity index (χ2n) is 7.73. The number of carbonyl (C=O) groups is 2. The summed E-state index contributed by atoms with van der Waals surface area (Å²) in [6.45, 7) is 6.98. The minimum Gasteiger partial charge on any atom is -0.491 e. The molecule has 1 aliphatic heterocycles. The maximum Gasteiger partial charge on any atom is 0.271 e. The van der Waals surface area contributed by atoms with Gasteiger partial charge < -0.3 is 25.7 Å². The molecule has 9 nitrogen and oxygen atoms in total. The number of H-pyrrole nitrogens is 1. The molecular weight excluding hydrogens is 475 g/mol. The largest absolute Gasteiger partial charge is 0.491 e. The third kappa shape index (κ3) is 5.24. The number of hydrogen-bond acceptors (Lipinski definition) is 7. The molecule has 0 aliphatic carbocycles. The number of thioether (sulfide) groups is 1. The van der Waals surface area contributed by atoms with E-state index in [1.807, 2.05) is 18.7 Å². The van der Waals surface area contributed by atoms with Gasteiger partial charge in [0.1, 0.15) is 5.69 Å². The summed E-state index contributed by atoms with van der Waals surface area (Å²) in [7, 11) is 1.46. The molecule has 0 aromatic carbocycles. The standard InChI is InChI=1S/C20H26Cl2N6O3S/c1-9(2)32-20-26-15(17(23)29)16(31-4)18(27-20)28-7-5-11(6-8-28)25-19(30)14-13(22)12(21)10(3)24-14/h9,11,24H,5-8H2,1-4H3,(H2,23,29)(H,25,30). The Labute approximate surface area is 200 Å². The van der Waals surface area contributed by atoms with Crippen molar-refractivity contribution in [1.29, 1.82) is 0 Å². The first kappa shape index (κ1) is 24.5. The number of nitrogens with zero attached hydrogens (tertiary/aromatic N) is 3. The van der Waals surface area contributed by atoms with Gasteiger partial charge in [-0.05, 0) is 19.8 Å². The van der Waals surface area contributed by atoms with Gasteiger partial charge in [0.25, 0.3) is 11.8 Å². The minimum absolute atomic E-state index is 0.0508. The van der Waals surface area contributed by atoms with Crippen LogP contribution < -0.4 is 20.7 Å². The second kappa shape index (κ2) is 10.2. The van der Waals surface area contributed by atoms with E-state index in [0.717, 1.165) is 0 Å². The first-order valence-electron chi connectivity index (χ1n) is 10.1. The number of aryl methyl sites for hydroxylation is 1. The lowest BCUT2D eigenvalue weighted by Crippen LogP contribution is -2.45. The van der Waals surface area contributed by atoms with E-state index in [1.54, 1.807) is 6.92 Å². The smallest absolute Gasteiger partial charge is 0.271 e. The van der Waals surface area contributed by atoms with Crippen molar-refractivity contribution in [3.8, 4) is 5.75 Å². The van der Waals surface area contributed by atoms with Crippen LogP contribution >= 0.6 is 35.0 Å². The highest BCUT2D eigenvalue weighted by atomic mass is 35.5. The van der Waals surface area contributed by atoms with Gasteiger partial charge in [-0.15, -0.1) is 0 Å². The molecule has 0 saturated carbocycles. The van der Waals surface area contributed by atoms with E-state index >= 15 is 0 Å². The van der Waals surface area contributed by atoms with Crippen molar-refractivity contribution in [2.75, 3.05) is 25.1 Å². The summed E-state index contributed by atoms with van der Waals surface area (Å²) in [5, 5.41) is 4.27. The molecule has 2 aromatic rings. The molecule has 0 spiro atoms. The molecule has 0 bridgehead atoms. The van der Waals surface area contributed by atoms with Crippen LogP contribution in [0.25, 0.3) is 0 Å². The SMILES string of the molecule is COc1c(C(N)=O)nc(SC(C)C)nc1N1CCC(NC(=O)c2[nH]c(C)c(Cl)c2Cl)CC1. The Kier molecular flexibility index (Phi) is 7.79. The summed E-state index contributed by atoms with van der Waals surface area (Å²) in [6, 6.07) is -0.0508. The van der Waals surface area contributed by atoms with E-state index in [9.17, 15) is 9.59 Å². The number of nitrogens with two attached hydrogens (primary N) is 1. The number of halogens is 2. The van der Waals surface area contributed by atoms with Crippen LogP contribution in [0, 0.1) is 6.92 Å². The van der Waals surface area contributed by atoms with Gasteiger partial charge in [0.05, 0.1) is 17.2 Å². The van der Waals surface area contributed by atoms with Crippen molar-refractivity contribution in [1.82, 2.24) is 20.3 Å². The Morgan fingerprint density at radius 1 is 1.25 bits per heavy atom. The molecule has 0 radical (unpaired) electrons. The summed E-state index contributed by atoms with van der Waals surface area (Å²) >= 11 is 13.7. The van der Waals surface area contributed by atoms with E-state index in [4.69, 9.17) is 33.7 Å². The molecule has 3 heterocycles. The molecule has 0 atom stereocenters. The van der Waals surface area contributed by atoms with Crippen molar-refractivity contribution >= 4 is 52.6 Å². The van der Waals surface area contributed by atoms with Crippen LogP contribution in [0.15, 0.2) is 5.16 Å². The number of piperidine rings is 1. The van der Waals surface area contributed by atoms with Crippen LogP contribution in [0.3, 0.4) is 0 Å². The average molecular weight is 501 g/mol. The van der Waals surface area contributed by atoms with Gasteiger partial charge in [-0.2, -0.15) is 0 Å². The normalized spacial score (nSPS) is 14.7. The van der Waals surface area contributed by atoms with Crippen LogP contribution in [-0.2, 0) is 0 Å². The zero-order valence-corrected chi connectivity index (χ0v) is 20.6. The molecule has 174 valence electrons. The number of ether oxygens (including phenoxy) is 1. The van der Waals surface area contributed by atoms with Crippen LogP contribution in [-0.4, -0.2) is 58.3 Å². The number of methoxy groups -OCH3 is 1. The van der Waals surface area contributed by atoms with Gasteiger partial charge in [0.2, 0.25) is 0 Å². The van der Waals surface area contributed by atoms with Crippen molar-refractivity contribution in [2.45, 2.75) is 50.1 Å². The Hall–Kier alpha value is -2.17. The number of rotatable bonds is 7. The molecule has 1 fully saturated rings. The molecule has 2 aromatic heterocycles. The predicted molar refractivity (Wildman–Crippen MR) is 126 cm³/mol. The van der Waals surface area contributed by atoms with Gasteiger partial charge in [0, 0.05) is 30.1 Å². The lowest BCUT2D eigenvalue weighted by molar-refractivity contribution is 0.0925. The molecular formula is C20H26Cl2N6O3S. The van der Waals surface area contributed by atoms with E-state index in [2.05, 4.69) is 20.3 Å². The number of nitrogens with one attached hydrogen (secondary N) is 2. The van der Waals surface area contributed by atoms with E-state index in [0.29, 0.717) is 47.6 Å². The molecule has 0 unspecified atom stereocenters. The van der Waals surface area contributed by atoms with Gasteiger partial charge in [-0.1, -0.05) is 48.8 Å². The molecule has 12 heteroatoms. The van der Waals surface area contributed by atoms with Crippen molar-refractivity contribution < 1.29 is 14.3 Å². The molecule has 1 saturated heterocycles. The summed E-state index contributed by atoms with van der Waals surface area (Å²) in [4.78, 5) is 38.4. The number of carbonyl (C=O) groups excluding carboxylic acids is 2. The number of aromatic nitrogens is 3. The Morgan fingerprint density at radius 3 is 2.41 bits per heavy atom. The third-order valence-corrected chi connectivity index (χ3v) is 6.83. The first-order valence-corrected chi connectivity index (χ1v) is 11.8. The monoisotopic (exact) mass is 500 g/mol. The summed E-state index contributed by atoms with van der Waals surface area (Å²) in [6.07, 6.45) is 1.34. The topological polar surface area (TPSA) is 126 Å².